The number of rotatable bonds is 13. The van der Waals surface area contributed by atoms with E-state index >= 15 is 4.39 Å². The van der Waals surface area contributed by atoms with Crippen LogP contribution in [0.3, 0.4) is 0 Å². The van der Waals surface area contributed by atoms with Crippen molar-refractivity contribution in [3.63, 3.8) is 0 Å². The van der Waals surface area contributed by atoms with Gasteiger partial charge in [0.2, 0.25) is 17.8 Å². The molecule has 3 saturated heterocycles. The number of nitrogens with zero attached hydrogens (tertiary/aromatic N) is 7. The molecule has 1 atom stereocenters. The molecule has 2 aromatic heterocycles. The van der Waals surface area contributed by atoms with Gasteiger partial charge in [0.05, 0.1) is 39.7 Å². The van der Waals surface area contributed by atoms with E-state index in [0.29, 0.717) is 62.0 Å². The van der Waals surface area contributed by atoms with Gasteiger partial charge in [-0.3, -0.25) is 29.8 Å². The lowest BCUT2D eigenvalue weighted by Gasteiger charge is -2.43. The van der Waals surface area contributed by atoms with Crippen molar-refractivity contribution in [1.29, 1.82) is 0 Å². The van der Waals surface area contributed by atoms with E-state index in [2.05, 4.69) is 80.6 Å². The van der Waals surface area contributed by atoms with E-state index in [1.54, 1.807) is 51.2 Å². The summed E-state index contributed by atoms with van der Waals surface area (Å²) in [5.74, 6) is -0.137. The molecule has 3 N–H and O–H groups in total. The van der Waals surface area contributed by atoms with Gasteiger partial charge in [-0.15, -0.1) is 0 Å². The predicted octanol–water partition coefficient (Wildman–Crippen LogP) is 6.98. The van der Waals surface area contributed by atoms with Crippen molar-refractivity contribution >= 4 is 80.1 Å². The molecule has 3 aliphatic heterocycles. The molecule has 2 amide bonds. The number of methoxy groups -OCH3 is 1. The molecule has 5 aromatic rings. The summed E-state index contributed by atoms with van der Waals surface area (Å²) in [7, 11) is -1.10. The molecule has 17 heteroatoms. The molecular formula is C45H53BrFN10O4P. The second kappa shape index (κ2) is 18.8. The molecule has 0 saturated carbocycles. The van der Waals surface area contributed by atoms with Crippen molar-refractivity contribution in [2.24, 2.45) is 0 Å². The summed E-state index contributed by atoms with van der Waals surface area (Å²) >= 11 is 3.59. The van der Waals surface area contributed by atoms with Crippen molar-refractivity contribution in [1.82, 2.24) is 35.1 Å². The van der Waals surface area contributed by atoms with E-state index in [1.165, 1.54) is 11.3 Å². The number of nitrogens with one attached hydrogen (secondary N) is 3. The first-order chi connectivity index (χ1) is 29.9. The Bertz CT molecular complexity index is 2530. The minimum absolute atomic E-state index is 0.231. The van der Waals surface area contributed by atoms with Crippen molar-refractivity contribution in [2.45, 2.75) is 57.4 Å². The van der Waals surface area contributed by atoms with Crippen LogP contribution in [0.15, 0.2) is 65.5 Å². The van der Waals surface area contributed by atoms with E-state index in [4.69, 9.17) is 9.72 Å². The Morgan fingerprint density at radius 2 is 1.71 bits per heavy atom. The number of hydrogen-bond donors (Lipinski definition) is 3. The van der Waals surface area contributed by atoms with Gasteiger partial charge in [-0.05, 0) is 96.8 Å². The maximum Gasteiger partial charge on any atom is 0.234 e. The average molecular weight is 928 g/mol. The van der Waals surface area contributed by atoms with Crippen LogP contribution in [-0.4, -0.2) is 114 Å². The van der Waals surface area contributed by atoms with Gasteiger partial charge in [-0.1, -0.05) is 19.1 Å². The number of piperazine rings is 1. The van der Waals surface area contributed by atoms with Gasteiger partial charge in [0, 0.05) is 94.2 Å². The first-order valence-electron chi connectivity index (χ1n) is 21.3. The number of ether oxygens (including phenoxy) is 1. The average Bonchev–Trinajstić information content (AvgIpc) is 3.26. The summed E-state index contributed by atoms with van der Waals surface area (Å²) in [6, 6.07) is 13.7. The molecule has 62 heavy (non-hydrogen) atoms. The van der Waals surface area contributed by atoms with Crippen molar-refractivity contribution in [3.05, 3.63) is 88.0 Å². The lowest BCUT2D eigenvalue weighted by molar-refractivity contribution is -0.134. The number of aryl methyl sites for hydroxylation is 1. The number of hydrogen-bond acceptors (Lipinski definition) is 13. The fraction of sp³-hybridized carbons (Fsp3) is 0.422. The minimum Gasteiger partial charge on any atom is -0.494 e. The molecule has 1 unspecified atom stereocenters. The van der Waals surface area contributed by atoms with E-state index < -0.39 is 19.0 Å². The molecule has 3 aromatic carbocycles. The van der Waals surface area contributed by atoms with Crippen LogP contribution in [-0.2, 0) is 27.0 Å². The highest BCUT2D eigenvalue weighted by atomic mass is 79.9. The standard InChI is InChI=1S/C45H53BrFN10O4P/c1-5-29-25-37(52-45-50-27-33(46)43(54-45)51-36-10-9-35-41(49-16-15-48-35)42(36)62(3,4)60)39(61-2)26-38(29)57-18-13-30(14-19-57)56-22-20-55(21-23-56)17-12-28-6-7-31(34(47)24-28)32-8-11-40(58)53-44(32)59/h6-7,9-10,15-16,24-27,30,32H,5,8,11-14,17-23H2,1-4H3,(H,53,58,59)(H2,50,51,52,54). The zero-order valence-corrected chi connectivity index (χ0v) is 38.1. The molecule has 0 bridgehead atoms. The molecule has 14 nitrogen and oxygen atoms in total. The van der Waals surface area contributed by atoms with Crippen LogP contribution < -0.4 is 30.9 Å². The maximum atomic E-state index is 15.1. The van der Waals surface area contributed by atoms with Gasteiger partial charge in [0.1, 0.15) is 30.0 Å². The van der Waals surface area contributed by atoms with Gasteiger partial charge in [0.25, 0.3) is 0 Å². The predicted molar refractivity (Wildman–Crippen MR) is 246 cm³/mol. The number of imide groups is 1. The summed E-state index contributed by atoms with van der Waals surface area (Å²) in [5, 5.41) is 9.71. The number of aromatic nitrogens is 4. The smallest absolute Gasteiger partial charge is 0.234 e. The molecule has 3 aliphatic rings. The quantitative estimate of drug-likeness (QED) is 0.0822. The molecule has 0 spiro atoms. The first-order valence-corrected chi connectivity index (χ1v) is 24.7. The first kappa shape index (κ1) is 43.6. The van der Waals surface area contributed by atoms with Crippen LogP contribution >= 0.6 is 23.1 Å². The molecule has 0 aliphatic carbocycles. The minimum atomic E-state index is -2.78. The Kier molecular flexibility index (Phi) is 13.2. The second-order valence-corrected chi connectivity index (χ2v) is 20.6. The van der Waals surface area contributed by atoms with Crippen LogP contribution in [0.4, 0.5) is 33.2 Å². The molecular weight excluding hydrogens is 874 g/mol. The van der Waals surface area contributed by atoms with Gasteiger partial charge in [0.15, 0.2) is 0 Å². The second-order valence-electron chi connectivity index (χ2n) is 16.6. The molecule has 326 valence electrons. The van der Waals surface area contributed by atoms with Gasteiger partial charge < -0.3 is 29.7 Å². The number of piperidine rings is 2. The normalized spacial score (nSPS) is 18.2. The fourth-order valence-corrected chi connectivity index (χ4v) is 10.7. The highest BCUT2D eigenvalue weighted by Crippen LogP contribution is 2.42. The zero-order valence-electron chi connectivity index (χ0n) is 35.6. The van der Waals surface area contributed by atoms with Crippen LogP contribution in [0, 0.1) is 5.82 Å². The third-order valence-corrected chi connectivity index (χ3v) is 14.4. The van der Waals surface area contributed by atoms with E-state index in [9.17, 15) is 14.2 Å². The van der Waals surface area contributed by atoms with Gasteiger partial charge in [-0.2, -0.15) is 4.98 Å². The van der Waals surface area contributed by atoms with Crippen molar-refractivity contribution < 1.29 is 23.3 Å². The van der Waals surface area contributed by atoms with Crippen molar-refractivity contribution in [3.8, 4) is 5.75 Å². The Morgan fingerprint density at radius 3 is 2.42 bits per heavy atom. The van der Waals surface area contributed by atoms with Gasteiger partial charge >= 0.3 is 0 Å². The molecule has 5 heterocycles. The number of carbonyl (C=O) groups is 2. The topological polar surface area (TPSA) is 158 Å². The SMILES string of the molecule is CCc1cc(Nc2ncc(Br)c(Nc3ccc4nccnc4c3P(C)(C)=O)n2)c(OC)cc1N1CCC(N2CCN(CCc3ccc(C4CCC(=O)NC4=O)c(F)c3)CC2)CC1. The summed E-state index contributed by atoms with van der Waals surface area (Å²) < 4.78 is 35.2. The molecule has 8 rings (SSSR count). The third kappa shape index (κ3) is 9.63. The third-order valence-electron chi connectivity index (χ3n) is 12.3. The van der Waals surface area contributed by atoms with Crippen LogP contribution in [0.2, 0.25) is 0 Å². The lowest BCUT2D eigenvalue weighted by atomic mass is 9.89. The Labute approximate surface area is 369 Å². The highest BCUT2D eigenvalue weighted by Gasteiger charge is 2.31. The number of halogens is 2. The van der Waals surface area contributed by atoms with Crippen LogP contribution in [0.25, 0.3) is 11.0 Å². The lowest BCUT2D eigenvalue weighted by Crippen LogP contribution is -2.53. The van der Waals surface area contributed by atoms with Crippen molar-refractivity contribution in [2.75, 3.05) is 81.8 Å². The summed E-state index contributed by atoms with van der Waals surface area (Å²) in [6.45, 7) is 12.3. The molecule has 3 fully saturated rings. The number of benzene rings is 3. The van der Waals surface area contributed by atoms with E-state index in [-0.39, 0.29) is 18.1 Å². The Hall–Kier alpha value is -5.02. The summed E-state index contributed by atoms with van der Waals surface area (Å²) in [6.07, 6.45) is 9.20. The Balaban J connectivity index is 0.864. The monoisotopic (exact) mass is 926 g/mol. The van der Waals surface area contributed by atoms with E-state index in [0.717, 1.165) is 82.7 Å². The summed E-state index contributed by atoms with van der Waals surface area (Å²) in [4.78, 5) is 49.6. The van der Waals surface area contributed by atoms with Gasteiger partial charge in [-0.25, -0.2) is 9.37 Å². The zero-order chi connectivity index (χ0) is 43.5. The number of fused-ring (bicyclic) bond motifs is 1. The molecule has 0 radical (unpaired) electrons. The number of anilines is 5. The summed E-state index contributed by atoms with van der Waals surface area (Å²) in [5.41, 5.74) is 6.32. The van der Waals surface area contributed by atoms with Crippen LogP contribution in [0.5, 0.6) is 5.75 Å². The Morgan fingerprint density at radius 1 is 0.935 bits per heavy atom. The fourth-order valence-electron chi connectivity index (χ4n) is 9.00. The largest absolute Gasteiger partial charge is 0.494 e. The highest BCUT2D eigenvalue weighted by molar-refractivity contribution is 9.10. The van der Waals surface area contributed by atoms with E-state index in [1.807, 2.05) is 18.2 Å². The maximum absolute atomic E-state index is 15.1. The van der Waals surface area contributed by atoms with Crippen LogP contribution in [0.1, 0.15) is 55.2 Å². The number of amides is 2. The number of carbonyl (C=O) groups excluding carboxylic acids is 2.